The van der Waals surface area contributed by atoms with Gasteiger partial charge in [-0.15, -0.1) is 0 Å². The zero-order chi connectivity index (χ0) is 31.2. The molecule has 1 amide bonds. The van der Waals surface area contributed by atoms with Gasteiger partial charge in [-0.05, 0) is 67.1 Å². The number of methoxy groups -OCH3 is 1. The second-order valence-electron chi connectivity index (χ2n) is 10.2. The molecule has 6 aromatic rings. The third-order valence-electron chi connectivity index (χ3n) is 7.26. The Kier molecular flexibility index (Phi) is 7.48. The van der Waals surface area contributed by atoms with Gasteiger partial charge in [0.05, 0.1) is 34.1 Å². The first-order valence-electron chi connectivity index (χ1n) is 13.4. The molecule has 0 fully saturated rings. The van der Waals surface area contributed by atoms with Gasteiger partial charge >= 0.3 is 5.69 Å². The quantitative estimate of drug-likeness (QED) is 0.248. The van der Waals surface area contributed by atoms with Crippen molar-refractivity contribution >= 4 is 53.7 Å². The summed E-state index contributed by atoms with van der Waals surface area (Å²) in [6.45, 7) is 2.08. The average molecular weight is 674 g/mol. The number of sulfonamides is 1. The Morgan fingerprint density at radius 1 is 0.932 bits per heavy atom. The topological polar surface area (TPSA) is 132 Å². The van der Waals surface area contributed by atoms with Crippen LogP contribution in [-0.4, -0.2) is 35.6 Å². The molecule has 0 aliphatic carbocycles. The molecule has 0 aliphatic rings. The van der Waals surface area contributed by atoms with E-state index in [9.17, 15) is 22.8 Å². The molecule has 0 radical (unpaired) electrons. The molecule has 2 aromatic heterocycles. The predicted octanol–water partition coefficient (Wildman–Crippen LogP) is 4.88. The number of fused-ring (bicyclic) bond motifs is 2. The molecule has 222 valence electrons. The van der Waals surface area contributed by atoms with E-state index in [1.165, 1.54) is 31.4 Å². The number of hydrogen-bond donors (Lipinski definition) is 2. The number of nitrogens with one attached hydrogen (secondary N) is 2. The number of aryl methyl sites for hydroxylation is 1. The van der Waals surface area contributed by atoms with Gasteiger partial charge in [-0.25, -0.2) is 22.5 Å². The fourth-order valence-corrected chi connectivity index (χ4v) is 6.59. The van der Waals surface area contributed by atoms with Gasteiger partial charge in [-0.2, -0.15) is 0 Å². The van der Waals surface area contributed by atoms with Crippen molar-refractivity contribution in [2.75, 3.05) is 7.11 Å². The average Bonchev–Trinajstić information content (AvgIpc) is 3.29. The van der Waals surface area contributed by atoms with Crippen molar-refractivity contribution in [2.24, 2.45) is 0 Å². The van der Waals surface area contributed by atoms with Gasteiger partial charge in [-0.1, -0.05) is 57.9 Å². The molecule has 2 N–H and O–H groups in total. The van der Waals surface area contributed by atoms with Crippen molar-refractivity contribution in [3.05, 3.63) is 133 Å². The van der Waals surface area contributed by atoms with Crippen LogP contribution in [0.1, 0.15) is 21.6 Å². The number of nitrogens with zero attached hydrogens (tertiary/aromatic N) is 2. The van der Waals surface area contributed by atoms with E-state index < -0.39 is 27.2 Å². The van der Waals surface area contributed by atoms with Crippen LogP contribution in [0.4, 0.5) is 0 Å². The van der Waals surface area contributed by atoms with Gasteiger partial charge in [0.15, 0.2) is 0 Å². The normalized spacial score (nSPS) is 11.6. The first-order chi connectivity index (χ1) is 21.1. The Balaban J connectivity index is 1.64. The number of halogens is 1. The Morgan fingerprint density at radius 3 is 2.41 bits per heavy atom. The zero-order valence-electron chi connectivity index (χ0n) is 23.5. The van der Waals surface area contributed by atoms with E-state index in [1.54, 1.807) is 47.0 Å². The Labute approximate surface area is 259 Å². The number of ether oxygens (including phenoxy) is 1. The molecule has 0 bridgehead atoms. The molecule has 4 aromatic carbocycles. The van der Waals surface area contributed by atoms with E-state index >= 15 is 0 Å². The van der Waals surface area contributed by atoms with Crippen molar-refractivity contribution in [1.29, 1.82) is 0 Å². The van der Waals surface area contributed by atoms with Gasteiger partial charge in [0.2, 0.25) is 0 Å². The van der Waals surface area contributed by atoms with Gasteiger partial charge in [-0.3, -0.25) is 9.59 Å². The van der Waals surface area contributed by atoms with E-state index in [2.05, 4.69) is 25.6 Å². The number of para-hydroxylation sites is 1. The Hall–Kier alpha value is -4.94. The molecular weight excluding hydrogens is 648 g/mol. The Morgan fingerprint density at radius 2 is 1.68 bits per heavy atom. The fraction of sp³-hybridized carbons (Fsp3) is 0.0938. The summed E-state index contributed by atoms with van der Waals surface area (Å²) in [5.41, 5.74) is 0.974. The molecule has 0 unspecified atom stereocenters. The fourth-order valence-electron chi connectivity index (χ4n) is 5.27. The van der Waals surface area contributed by atoms with Crippen LogP contribution in [0.25, 0.3) is 27.5 Å². The first-order valence-corrected chi connectivity index (χ1v) is 15.7. The smallest absolute Gasteiger partial charge is 0.333 e. The molecule has 10 nitrogen and oxygen atoms in total. The highest BCUT2D eigenvalue weighted by atomic mass is 79.9. The largest absolute Gasteiger partial charge is 0.497 e. The summed E-state index contributed by atoms with van der Waals surface area (Å²) in [5.74, 6) is -0.577. The van der Waals surface area contributed by atoms with E-state index in [0.29, 0.717) is 26.6 Å². The molecule has 2 heterocycles. The number of rotatable bonds is 7. The predicted molar refractivity (Wildman–Crippen MR) is 171 cm³/mol. The summed E-state index contributed by atoms with van der Waals surface area (Å²) in [6, 6.07) is 24.9. The van der Waals surface area contributed by atoms with Gasteiger partial charge in [0.25, 0.3) is 21.5 Å². The molecule has 0 spiro atoms. The van der Waals surface area contributed by atoms with Crippen LogP contribution >= 0.6 is 15.9 Å². The van der Waals surface area contributed by atoms with E-state index in [0.717, 1.165) is 15.7 Å². The van der Waals surface area contributed by atoms with E-state index in [1.807, 2.05) is 31.2 Å². The molecule has 44 heavy (non-hydrogen) atoms. The number of carbonyl (C=O) groups is 1. The number of carbonyl (C=O) groups excluding carboxylic acids is 1. The highest BCUT2D eigenvalue weighted by Gasteiger charge is 2.30. The van der Waals surface area contributed by atoms with E-state index in [4.69, 9.17) is 4.74 Å². The lowest BCUT2D eigenvalue weighted by Crippen LogP contribution is -2.37. The standard InChI is InChI=1S/C32H25BrN4O6S/c1-19-6-5-7-20(16-19)18-36-27-15-10-21(33)17-25(27)28(37-31(39)24-8-3-4-9-26(24)34-32(37)40)29(36)30(38)35-44(41,42)23-13-11-22(43-2)12-14-23/h3-17H,18H2,1-2H3,(H,34,40)(H,35,38). The minimum atomic E-state index is -4.38. The van der Waals surface area contributed by atoms with Crippen molar-refractivity contribution in [3.63, 3.8) is 0 Å². The highest BCUT2D eigenvalue weighted by Crippen LogP contribution is 2.32. The Bertz CT molecular complexity index is 2320. The maximum Gasteiger partial charge on any atom is 0.333 e. The molecule has 0 saturated heterocycles. The van der Waals surface area contributed by atoms with E-state index in [-0.39, 0.29) is 28.2 Å². The van der Waals surface area contributed by atoms with Crippen molar-refractivity contribution in [1.82, 2.24) is 18.8 Å². The highest BCUT2D eigenvalue weighted by molar-refractivity contribution is 9.10. The molecular formula is C32H25BrN4O6S. The second-order valence-corrected chi connectivity index (χ2v) is 12.8. The van der Waals surface area contributed by atoms with Crippen LogP contribution < -0.4 is 20.7 Å². The minimum absolute atomic E-state index is 0.0478. The van der Waals surface area contributed by atoms with Crippen LogP contribution in [0, 0.1) is 6.92 Å². The second kappa shape index (κ2) is 11.3. The molecule has 0 atom stereocenters. The number of hydrogen-bond acceptors (Lipinski definition) is 6. The summed E-state index contributed by atoms with van der Waals surface area (Å²) in [7, 11) is -2.93. The van der Waals surface area contributed by atoms with Crippen LogP contribution in [0.15, 0.2) is 110 Å². The SMILES string of the molecule is COc1ccc(S(=O)(=O)NC(=O)c2c(-n3c(=O)[nH]c4ccccc4c3=O)c3cc(Br)ccc3n2Cc2cccc(C)c2)cc1. The maximum absolute atomic E-state index is 14.2. The molecule has 12 heteroatoms. The van der Waals surface area contributed by atoms with Crippen LogP contribution in [0.5, 0.6) is 5.75 Å². The lowest BCUT2D eigenvalue weighted by molar-refractivity contribution is 0.0973. The third kappa shape index (κ3) is 5.22. The lowest BCUT2D eigenvalue weighted by atomic mass is 10.1. The summed E-state index contributed by atoms with van der Waals surface area (Å²) in [6.07, 6.45) is 0. The zero-order valence-corrected chi connectivity index (χ0v) is 25.9. The molecule has 0 aliphatic heterocycles. The monoisotopic (exact) mass is 672 g/mol. The lowest BCUT2D eigenvalue weighted by Gasteiger charge is -2.14. The van der Waals surface area contributed by atoms with Crippen LogP contribution in [0.2, 0.25) is 0 Å². The number of aromatic amines is 1. The van der Waals surface area contributed by atoms with Crippen LogP contribution in [0.3, 0.4) is 0 Å². The van der Waals surface area contributed by atoms with Gasteiger partial charge in [0, 0.05) is 16.4 Å². The number of amides is 1. The number of aromatic nitrogens is 3. The number of benzene rings is 4. The van der Waals surface area contributed by atoms with Gasteiger partial charge in [0.1, 0.15) is 11.4 Å². The van der Waals surface area contributed by atoms with Gasteiger partial charge < -0.3 is 14.3 Å². The number of H-pyrrole nitrogens is 1. The third-order valence-corrected chi connectivity index (χ3v) is 9.10. The van der Waals surface area contributed by atoms with Crippen LogP contribution in [-0.2, 0) is 16.6 Å². The molecule has 0 saturated carbocycles. The molecule has 6 rings (SSSR count). The summed E-state index contributed by atoms with van der Waals surface area (Å²) < 4.78 is 37.3. The summed E-state index contributed by atoms with van der Waals surface area (Å²) >= 11 is 3.47. The van der Waals surface area contributed by atoms with Crippen molar-refractivity contribution in [3.8, 4) is 11.4 Å². The minimum Gasteiger partial charge on any atom is -0.497 e. The van der Waals surface area contributed by atoms with Crippen molar-refractivity contribution < 1.29 is 17.9 Å². The van der Waals surface area contributed by atoms with Crippen molar-refractivity contribution in [2.45, 2.75) is 18.4 Å². The maximum atomic E-state index is 14.2. The summed E-state index contributed by atoms with van der Waals surface area (Å²) in [4.78, 5) is 44.2. The summed E-state index contributed by atoms with van der Waals surface area (Å²) in [5, 5.41) is 0.612. The first kappa shape index (κ1) is 29.1.